The van der Waals surface area contributed by atoms with Gasteiger partial charge in [-0.05, 0) is 18.2 Å². The summed E-state index contributed by atoms with van der Waals surface area (Å²) in [7, 11) is 0. The molecule has 0 saturated carbocycles. The third-order valence-corrected chi connectivity index (χ3v) is 6.76. The number of benzene rings is 1. The summed E-state index contributed by atoms with van der Waals surface area (Å²) >= 11 is 3.77. The molecule has 0 spiro atoms. The second-order valence-electron chi connectivity index (χ2n) is 5.54. The number of carbonyl (C=O) groups is 1. The predicted octanol–water partition coefficient (Wildman–Crippen LogP) is 3.93. The maximum Gasteiger partial charge on any atom is 0.344 e. The molecular weight excluding hydrogens is 388 g/mol. The highest BCUT2D eigenvalue weighted by molar-refractivity contribution is 8.19. The second kappa shape index (κ2) is 8.53. The predicted molar refractivity (Wildman–Crippen MR) is 101 cm³/mol. The van der Waals surface area contributed by atoms with Gasteiger partial charge in [-0.25, -0.2) is 4.79 Å². The van der Waals surface area contributed by atoms with Crippen molar-refractivity contribution in [2.45, 2.75) is 11.2 Å². The molecule has 0 aliphatic carbocycles. The maximum absolute atomic E-state index is 12.0. The Morgan fingerprint density at radius 3 is 2.81 bits per heavy atom. The molecule has 2 aromatic heterocycles. The summed E-state index contributed by atoms with van der Waals surface area (Å²) in [5.41, 5.74) is 1.10. The Morgan fingerprint density at radius 1 is 1.15 bits per heavy atom. The average molecular weight is 404 g/mol. The molecule has 0 N–H and O–H groups in total. The summed E-state index contributed by atoms with van der Waals surface area (Å²) in [6.07, 6.45) is 1.51. The van der Waals surface area contributed by atoms with Crippen LogP contribution in [-0.2, 0) is 16.1 Å². The zero-order chi connectivity index (χ0) is 18.5. The molecule has 140 valence electrons. The largest absolute Gasteiger partial charge is 0.482 e. The van der Waals surface area contributed by atoms with Gasteiger partial charge in [-0.15, -0.1) is 33.7 Å². The molecule has 0 bridgehead atoms. The van der Waals surface area contributed by atoms with Gasteiger partial charge in [-0.2, -0.15) is 0 Å². The molecular formula is C18H16N2O5S2. The van der Waals surface area contributed by atoms with Gasteiger partial charge in [-0.3, -0.25) is 0 Å². The Bertz CT molecular complexity index is 891. The fourth-order valence-corrected chi connectivity index (χ4v) is 5.39. The van der Waals surface area contributed by atoms with Gasteiger partial charge in [0.2, 0.25) is 0 Å². The number of hydrogen-bond donors (Lipinski definition) is 0. The van der Waals surface area contributed by atoms with E-state index in [2.05, 4.69) is 10.2 Å². The summed E-state index contributed by atoms with van der Waals surface area (Å²) in [5, 5.41) is 7.68. The first kappa shape index (κ1) is 18.0. The maximum atomic E-state index is 12.0. The van der Waals surface area contributed by atoms with Crippen LogP contribution < -0.4 is 4.74 Å². The van der Waals surface area contributed by atoms with Gasteiger partial charge >= 0.3 is 5.97 Å². The molecule has 1 aliphatic rings. The monoisotopic (exact) mass is 404 g/mol. The molecule has 1 saturated heterocycles. The number of esters is 1. The smallest absolute Gasteiger partial charge is 0.344 e. The first-order chi connectivity index (χ1) is 13.3. The van der Waals surface area contributed by atoms with E-state index in [1.54, 1.807) is 12.1 Å². The first-order valence-corrected chi connectivity index (χ1v) is 10.4. The molecule has 1 aromatic carbocycles. The Balaban J connectivity index is 1.29. The normalized spacial score (nSPS) is 14.4. The van der Waals surface area contributed by atoms with Crippen molar-refractivity contribution in [2.75, 3.05) is 18.1 Å². The van der Waals surface area contributed by atoms with Crippen molar-refractivity contribution >= 4 is 29.5 Å². The summed E-state index contributed by atoms with van der Waals surface area (Å²) in [6, 6.07) is 11.2. The molecule has 0 amide bonds. The molecule has 3 heterocycles. The molecule has 3 aromatic rings. The van der Waals surface area contributed by atoms with Crippen LogP contribution in [0.1, 0.15) is 16.0 Å². The molecule has 7 nitrogen and oxygen atoms in total. The number of carbonyl (C=O) groups excluding carboxylic acids is 1. The van der Waals surface area contributed by atoms with E-state index >= 15 is 0 Å². The Labute approximate surface area is 163 Å². The highest BCUT2D eigenvalue weighted by Gasteiger charge is 2.22. The zero-order valence-corrected chi connectivity index (χ0v) is 15.8. The van der Waals surface area contributed by atoms with Gasteiger partial charge in [-0.1, -0.05) is 18.2 Å². The van der Waals surface area contributed by atoms with E-state index < -0.39 is 5.97 Å². The van der Waals surface area contributed by atoms with Gasteiger partial charge in [0.1, 0.15) is 5.75 Å². The molecule has 1 fully saturated rings. The Hall–Kier alpha value is -2.39. The van der Waals surface area contributed by atoms with E-state index in [9.17, 15) is 4.79 Å². The number of rotatable bonds is 7. The van der Waals surface area contributed by atoms with Gasteiger partial charge in [0.25, 0.3) is 11.8 Å². The fraction of sp³-hybridized carbons (Fsp3) is 0.278. The Kier molecular flexibility index (Phi) is 5.69. The minimum absolute atomic E-state index is 0.119. The van der Waals surface area contributed by atoms with Crippen molar-refractivity contribution in [1.29, 1.82) is 0 Å². The number of nitrogens with zero attached hydrogens (tertiary/aromatic N) is 2. The molecule has 27 heavy (non-hydrogen) atoms. The van der Waals surface area contributed by atoms with Crippen molar-refractivity contribution in [2.24, 2.45) is 0 Å². The minimum atomic E-state index is -0.505. The minimum Gasteiger partial charge on any atom is -0.482 e. The first-order valence-electron chi connectivity index (χ1n) is 8.26. The summed E-state index contributed by atoms with van der Waals surface area (Å²) < 4.78 is 21.7. The molecule has 0 atom stereocenters. The van der Waals surface area contributed by atoms with Crippen LogP contribution in [0.5, 0.6) is 5.75 Å². The lowest BCUT2D eigenvalue weighted by Crippen LogP contribution is -2.15. The van der Waals surface area contributed by atoms with Crippen LogP contribution in [0.3, 0.4) is 0 Å². The number of aromatic nitrogens is 2. The summed E-state index contributed by atoms with van der Waals surface area (Å²) in [5.74, 6) is 3.33. The number of hydrogen-bond acceptors (Lipinski definition) is 9. The van der Waals surface area contributed by atoms with Crippen molar-refractivity contribution in [3.63, 3.8) is 0 Å². The highest BCUT2D eigenvalue weighted by atomic mass is 32.2. The van der Waals surface area contributed by atoms with Crippen molar-refractivity contribution in [1.82, 2.24) is 10.2 Å². The third-order valence-electron chi connectivity index (χ3n) is 3.70. The number of thioether (sulfide) groups is 2. The molecule has 0 radical (unpaired) electrons. The number of para-hydroxylation sites is 1. The van der Waals surface area contributed by atoms with Crippen LogP contribution >= 0.6 is 23.5 Å². The van der Waals surface area contributed by atoms with E-state index in [1.165, 1.54) is 6.26 Å². The lowest BCUT2D eigenvalue weighted by Gasteiger charge is -2.14. The fourth-order valence-electron chi connectivity index (χ4n) is 2.48. The van der Waals surface area contributed by atoms with E-state index in [1.807, 2.05) is 47.8 Å². The topological polar surface area (TPSA) is 87.6 Å². The molecule has 1 aliphatic heterocycles. The standard InChI is InChI=1S/C18H16N2O5S2/c21-16(24-10-15-19-20-17(25-15)14-6-3-7-22-14)11-23-13-5-2-1-4-12(13)18-26-8-9-27-18/h1-7,18H,8-11H2. The van der Waals surface area contributed by atoms with Crippen LogP contribution in [0.25, 0.3) is 11.7 Å². The van der Waals surface area contributed by atoms with Crippen LogP contribution in [0.4, 0.5) is 0 Å². The second-order valence-corrected chi connectivity index (χ2v) is 8.26. The van der Waals surface area contributed by atoms with Gasteiger partial charge < -0.3 is 18.3 Å². The van der Waals surface area contributed by atoms with Gasteiger partial charge in [0, 0.05) is 17.1 Å². The van der Waals surface area contributed by atoms with E-state index in [0.29, 0.717) is 16.1 Å². The van der Waals surface area contributed by atoms with E-state index in [-0.39, 0.29) is 25.0 Å². The summed E-state index contributed by atoms with van der Waals surface area (Å²) in [6.45, 7) is -0.301. The molecule has 0 unspecified atom stereocenters. The third kappa shape index (κ3) is 4.48. The van der Waals surface area contributed by atoms with Crippen LogP contribution in [0.15, 0.2) is 51.5 Å². The highest BCUT2D eigenvalue weighted by Crippen LogP contribution is 2.48. The van der Waals surface area contributed by atoms with Gasteiger partial charge in [0.15, 0.2) is 19.0 Å². The summed E-state index contributed by atoms with van der Waals surface area (Å²) in [4.78, 5) is 12.0. The van der Waals surface area contributed by atoms with E-state index in [4.69, 9.17) is 18.3 Å². The van der Waals surface area contributed by atoms with Crippen molar-refractivity contribution < 1.29 is 23.1 Å². The lowest BCUT2D eigenvalue weighted by molar-refractivity contribution is -0.148. The van der Waals surface area contributed by atoms with Crippen LogP contribution in [-0.4, -0.2) is 34.3 Å². The molecule has 4 rings (SSSR count). The van der Waals surface area contributed by atoms with Crippen LogP contribution in [0, 0.1) is 0 Å². The number of furan rings is 1. The molecule has 9 heteroatoms. The average Bonchev–Trinajstić information content (AvgIpc) is 3.46. The quantitative estimate of drug-likeness (QED) is 0.543. The van der Waals surface area contributed by atoms with Crippen LogP contribution in [0.2, 0.25) is 0 Å². The van der Waals surface area contributed by atoms with E-state index in [0.717, 1.165) is 17.1 Å². The Morgan fingerprint density at radius 2 is 2.00 bits per heavy atom. The van der Waals surface area contributed by atoms with Crippen molar-refractivity contribution in [3.05, 3.63) is 54.1 Å². The van der Waals surface area contributed by atoms with Gasteiger partial charge in [0.05, 0.1) is 10.8 Å². The van der Waals surface area contributed by atoms with Crippen molar-refractivity contribution in [3.8, 4) is 17.4 Å². The zero-order valence-electron chi connectivity index (χ0n) is 14.2. The SMILES string of the molecule is O=C(COc1ccccc1C1SCCS1)OCc1nnc(-c2ccco2)o1. The lowest BCUT2D eigenvalue weighted by atomic mass is 10.2. The number of ether oxygens (including phenoxy) is 2.